The molecule has 3 aromatic heterocycles. The van der Waals surface area contributed by atoms with Gasteiger partial charge in [-0.05, 0) is 44.4 Å². The number of hydrogen-bond acceptors (Lipinski definition) is 7. The van der Waals surface area contributed by atoms with Gasteiger partial charge in [0.15, 0.2) is 0 Å². The zero-order chi connectivity index (χ0) is 22.2. The highest BCUT2D eigenvalue weighted by Crippen LogP contribution is 2.35. The Balaban J connectivity index is 1.61. The van der Waals surface area contributed by atoms with Crippen molar-refractivity contribution in [1.29, 1.82) is 0 Å². The van der Waals surface area contributed by atoms with Crippen LogP contribution in [0, 0.1) is 0 Å². The molecule has 1 unspecified atom stereocenters. The van der Waals surface area contributed by atoms with Crippen LogP contribution in [0.15, 0.2) is 41.9 Å². The van der Waals surface area contributed by atoms with E-state index in [4.69, 9.17) is 9.47 Å². The molecule has 1 aliphatic heterocycles. The van der Waals surface area contributed by atoms with Crippen molar-refractivity contribution in [2.45, 2.75) is 44.9 Å². The fourth-order valence-corrected chi connectivity index (χ4v) is 4.27. The largest absolute Gasteiger partial charge is 0.487 e. The first kappa shape index (κ1) is 21.0. The number of rotatable bonds is 4. The molecule has 4 rings (SSSR count). The second-order valence-electron chi connectivity index (χ2n) is 8.32. The van der Waals surface area contributed by atoms with Crippen LogP contribution in [-0.4, -0.2) is 56.3 Å². The van der Waals surface area contributed by atoms with Crippen LogP contribution in [0.4, 0.5) is 4.79 Å². The number of fused-ring (bicyclic) bond motifs is 1. The van der Waals surface area contributed by atoms with Crippen molar-refractivity contribution >= 4 is 33.6 Å². The van der Waals surface area contributed by atoms with Gasteiger partial charge in [-0.1, -0.05) is 6.07 Å². The molecule has 4 heterocycles. The molecule has 31 heavy (non-hydrogen) atoms. The van der Waals surface area contributed by atoms with Gasteiger partial charge in [-0.25, -0.2) is 14.6 Å². The number of aliphatic carboxylic acids is 1. The van der Waals surface area contributed by atoms with Crippen molar-refractivity contribution in [1.82, 2.24) is 14.9 Å². The number of carbonyl (C=O) groups excluding carboxylic acids is 1. The molecule has 0 radical (unpaired) electrons. The third-order valence-corrected chi connectivity index (χ3v) is 5.69. The van der Waals surface area contributed by atoms with Gasteiger partial charge in [0.2, 0.25) is 0 Å². The molecule has 1 fully saturated rings. The summed E-state index contributed by atoms with van der Waals surface area (Å²) in [5.41, 5.74) is 1.44. The maximum Gasteiger partial charge on any atom is 0.411 e. The maximum atomic E-state index is 12.6. The number of thiophene rings is 1. The van der Waals surface area contributed by atoms with E-state index in [-0.39, 0.29) is 13.0 Å². The Bertz CT molecular complexity index is 1110. The molecule has 1 aliphatic rings. The van der Waals surface area contributed by atoms with Crippen LogP contribution < -0.4 is 4.74 Å². The van der Waals surface area contributed by atoms with Gasteiger partial charge in [0.05, 0.1) is 28.1 Å². The summed E-state index contributed by atoms with van der Waals surface area (Å²) >= 11 is 1.49. The first-order valence-corrected chi connectivity index (χ1v) is 10.8. The van der Waals surface area contributed by atoms with E-state index >= 15 is 0 Å². The van der Waals surface area contributed by atoms with Gasteiger partial charge in [-0.15, -0.1) is 11.3 Å². The third kappa shape index (κ3) is 4.61. The lowest BCUT2D eigenvalue weighted by molar-refractivity contribution is -0.142. The number of pyridine rings is 2. The number of carboxylic acids is 1. The Hall–Kier alpha value is -3.20. The van der Waals surface area contributed by atoms with Crippen molar-refractivity contribution in [3.63, 3.8) is 0 Å². The number of ether oxygens (including phenoxy) is 2. The third-order valence-electron chi connectivity index (χ3n) is 4.77. The summed E-state index contributed by atoms with van der Waals surface area (Å²) in [5, 5.41) is 11.6. The maximum absolute atomic E-state index is 12.6. The van der Waals surface area contributed by atoms with E-state index in [2.05, 4.69) is 9.97 Å². The molecule has 0 aromatic carbocycles. The highest BCUT2D eigenvalue weighted by molar-refractivity contribution is 7.17. The van der Waals surface area contributed by atoms with E-state index in [0.717, 1.165) is 10.2 Å². The van der Waals surface area contributed by atoms with Gasteiger partial charge in [-0.3, -0.25) is 9.88 Å². The van der Waals surface area contributed by atoms with Gasteiger partial charge in [0.1, 0.15) is 23.5 Å². The molecule has 0 spiro atoms. The molecule has 3 aromatic rings. The molecule has 2 atom stereocenters. The molecular weight excluding hydrogens is 418 g/mol. The normalized spacial score (nSPS) is 18.9. The Kier molecular flexibility index (Phi) is 5.53. The first-order chi connectivity index (χ1) is 14.7. The molecule has 8 nitrogen and oxygen atoms in total. The van der Waals surface area contributed by atoms with Crippen LogP contribution in [0.2, 0.25) is 0 Å². The topological polar surface area (TPSA) is 102 Å². The van der Waals surface area contributed by atoms with Crippen LogP contribution >= 0.6 is 11.3 Å². The molecular formula is C22H23N3O5S. The SMILES string of the molecule is CC(C)(C)OC(=O)N1CC(Oc2cc(-c3ccccn3)nc3ccsc23)C[C@H]1C(=O)O. The second-order valence-corrected chi connectivity index (χ2v) is 9.23. The summed E-state index contributed by atoms with van der Waals surface area (Å²) in [4.78, 5) is 34.6. The second kappa shape index (κ2) is 8.14. The lowest BCUT2D eigenvalue weighted by atomic mass is 10.2. The highest BCUT2D eigenvalue weighted by Gasteiger charge is 2.42. The molecule has 0 saturated carbocycles. The minimum atomic E-state index is -1.08. The molecule has 1 saturated heterocycles. The average molecular weight is 442 g/mol. The predicted octanol–water partition coefficient (Wildman–Crippen LogP) is 4.20. The zero-order valence-electron chi connectivity index (χ0n) is 17.4. The van der Waals surface area contributed by atoms with Gasteiger partial charge in [0.25, 0.3) is 0 Å². The van der Waals surface area contributed by atoms with Crippen molar-refractivity contribution in [2.75, 3.05) is 6.54 Å². The van der Waals surface area contributed by atoms with E-state index in [1.54, 1.807) is 27.0 Å². The van der Waals surface area contributed by atoms with Crippen LogP contribution in [0.1, 0.15) is 27.2 Å². The minimum Gasteiger partial charge on any atom is -0.487 e. The molecule has 162 valence electrons. The Labute approximate surface area is 183 Å². The average Bonchev–Trinajstić information content (AvgIpc) is 3.34. The Morgan fingerprint density at radius 3 is 2.71 bits per heavy atom. The Morgan fingerprint density at radius 1 is 1.23 bits per heavy atom. The van der Waals surface area contributed by atoms with Crippen LogP contribution in [-0.2, 0) is 9.53 Å². The van der Waals surface area contributed by atoms with Crippen molar-refractivity contribution in [3.05, 3.63) is 41.9 Å². The standard InChI is InChI=1S/C22H23N3O5S/c1-22(2,3)30-21(28)25-12-13(10-17(25)20(26)27)29-18-11-16(14-6-4-5-8-23-14)24-15-7-9-31-19(15)18/h4-9,11,13,17H,10,12H2,1-3H3,(H,26,27)/t13?,17-/m0/s1. The number of nitrogens with zero attached hydrogens (tertiary/aromatic N) is 3. The molecule has 0 bridgehead atoms. The summed E-state index contributed by atoms with van der Waals surface area (Å²) < 4.78 is 12.5. The summed E-state index contributed by atoms with van der Waals surface area (Å²) in [6.45, 7) is 5.36. The molecule has 9 heteroatoms. The van der Waals surface area contributed by atoms with E-state index < -0.39 is 29.8 Å². The number of hydrogen-bond donors (Lipinski definition) is 1. The summed E-state index contributed by atoms with van der Waals surface area (Å²) in [6.07, 6.45) is 0.722. The fourth-order valence-electron chi connectivity index (χ4n) is 3.48. The number of aromatic nitrogens is 2. The van der Waals surface area contributed by atoms with E-state index in [0.29, 0.717) is 17.1 Å². The first-order valence-electron chi connectivity index (χ1n) is 9.90. The number of likely N-dealkylation sites (tertiary alicyclic amines) is 1. The predicted molar refractivity (Wildman–Crippen MR) is 116 cm³/mol. The van der Waals surface area contributed by atoms with Gasteiger partial charge in [-0.2, -0.15) is 0 Å². The van der Waals surface area contributed by atoms with Crippen LogP contribution in [0.25, 0.3) is 21.6 Å². The number of carbonyl (C=O) groups is 2. The van der Waals surface area contributed by atoms with Gasteiger partial charge in [0, 0.05) is 18.7 Å². The van der Waals surface area contributed by atoms with Crippen molar-refractivity contribution < 1.29 is 24.2 Å². The quantitative estimate of drug-likeness (QED) is 0.647. The Morgan fingerprint density at radius 2 is 2.03 bits per heavy atom. The molecule has 1 N–H and O–H groups in total. The zero-order valence-corrected chi connectivity index (χ0v) is 18.3. The minimum absolute atomic E-state index is 0.125. The molecule has 1 amide bonds. The monoisotopic (exact) mass is 441 g/mol. The summed E-state index contributed by atoms with van der Waals surface area (Å²) in [5.74, 6) is -0.483. The summed E-state index contributed by atoms with van der Waals surface area (Å²) in [7, 11) is 0. The number of carboxylic acid groups (broad SMARTS) is 1. The van der Waals surface area contributed by atoms with E-state index in [1.807, 2.05) is 35.7 Å². The van der Waals surface area contributed by atoms with Crippen LogP contribution in [0.5, 0.6) is 5.75 Å². The smallest absolute Gasteiger partial charge is 0.411 e. The fraction of sp³-hybridized carbons (Fsp3) is 0.364. The summed E-state index contributed by atoms with van der Waals surface area (Å²) in [6, 6.07) is 8.30. The lowest BCUT2D eigenvalue weighted by Gasteiger charge is -2.26. The van der Waals surface area contributed by atoms with E-state index in [1.165, 1.54) is 16.2 Å². The highest BCUT2D eigenvalue weighted by atomic mass is 32.1. The van der Waals surface area contributed by atoms with Gasteiger partial charge >= 0.3 is 12.1 Å². The van der Waals surface area contributed by atoms with Gasteiger partial charge < -0.3 is 14.6 Å². The van der Waals surface area contributed by atoms with Crippen molar-refractivity contribution in [2.24, 2.45) is 0 Å². The van der Waals surface area contributed by atoms with Crippen LogP contribution in [0.3, 0.4) is 0 Å². The number of amides is 1. The van der Waals surface area contributed by atoms with E-state index in [9.17, 15) is 14.7 Å². The lowest BCUT2D eigenvalue weighted by Crippen LogP contribution is -2.43. The van der Waals surface area contributed by atoms with Crippen molar-refractivity contribution in [3.8, 4) is 17.1 Å². The molecule has 0 aliphatic carbocycles.